The van der Waals surface area contributed by atoms with Gasteiger partial charge in [-0.3, -0.25) is 9.78 Å². The molecule has 0 aromatic carbocycles. The van der Waals surface area contributed by atoms with Gasteiger partial charge in [0.2, 0.25) is 0 Å². The molecule has 1 N–H and O–H groups in total. The Balaban J connectivity index is 2.20. The van der Waals surface area contributed by atoms with Crippen LogP contribution in [-0.4, -0.2) is 20.9 Å². The molecule has 2 heterocycles. The van der Waals surface area contributed by atoms with E-state index in [9.17, 15) is 4.79 Å². The maximum Gasteiger partial charge on any atom is 0.277 e. The van der Waals surface area contributed by atoms with Crippen molar-refractivity contribution in [3.05, 3.63) is 47.1 Å². The van der Waals surface area contributed by atoms with Gasteiger partial charge in [-0.05, 0) is 18.6 Å². The topological polar surface area (TPSA) is 67.8 Å². The number of hydrogen-bond donors (Lipinski definition) is 1. The summed E-state index contributed by atoms with van der Waals surface area (Å²) in [5.74, 6) is 0.112. The van der Waals surface area contributed by atoms with Crippen LogP contribution in [-0.2, 0) is 0 Å². The van der Waals surface area contributed by atoms with Crippen molar-refractivity contribution in [1.82, 2.24) is 15.0 Å². The number of aryl methyl sites for hydroxylation is 1. The van der Waals surface area contributed by atoms with Crippen LogP contribution in [0.25, 0.3) is 0 Å². The molecule has 0 radical (unpaired) electrons. The minimum atomic E-state index is -0.387. The fourth-order valence-electron chi connectivity index (χ4n) is 1.24. The van der Waals surface area contributed by atoms with Gasteiger partial charge in [0.25, 0.3) is 5.91 Å². The summed E-state index contributed by atoms with van der Waals surface area (Å²) in [5.41, 5.74) is 1.03. The molecule has 0 fully saturated rings. The number of aromatic nitrogens is 3. The lowest BCUT2D eigenvalue weighted by atomic mass is 10.3. The van der Waals surface area contributed by atoms with Crippen molar-refractivity contribution >= 4 is 23.3 Å². The van der Waals surface area contributed by atoms with E-state index in [4.69, 9.17) is 11.6 Å². The summed E-state index contributed by atoms with van der Waals surface area (Å²) in [6.07, 6.45) is 4.32. The second-order valence-corrected chi connectivity index (χ2v) is 3.74. The molecule has 0 bridgehead atoms. The fraction of sp³-hybridized carbons (Fsp3) is 0.0909. The van der Waals surface area contributed by atoms with E-state index in [1.54, 1.807) is 12.3 Å². The van der Waals surface area contributed by atoms with Gasteiger partial charge in [0.05, 0.1) is 12.4 Å². The minimum absolute atomic E-state index is 0.155. The molecular formula is C11H9ClN4O. The number of halogens is 1. The average molecular weight is 249 g/mol. The summed E-state index contributed by atoms with van der Waals surface area (Å²) in [6, 6.07) is 3.65. The molecule has 0 saturated carbocycles. The molecule has 6 heteroatoms. The van der Waals surface area contributed by atoms with Gasteiger partial charge >= 0.3 is 0 Å². The molecule has 0 aliphatic carbocycles. The predicted octanol–water partition coefficient (Wildman–Crippen LogP) is 2.09. The SMILES string of the molecule is Cc1cccnc1NC(=O)c1cncc(Cl)n1. The lowest BCUT2D eigenvalue weighted by Gasteiger charge is -2.05. The smallest absolute Gasteiger partial charge is 0.277 e. The van der Waals surface area contributed by atoms with Gasteiger partial charge in [-0.15, -0.1) is 0 Å². The zero-order valence-corrected chi connectivity index (χ0v) is 9.77. The average Bonchev–Trinajstić information content (AvgIpc) is 2.32. The number of hydrogen-bond acceptors (Lipinski definition) is 4. The molecule has 1 amide bonds. The summed E-state index contributed by atoms with van der Waals surface area (Å²) < 4.78 is 0. The first-order chi connectivity index (χ1) is 8.16. The van der Waals surface area contributed by atoms with E-state index in [1.165, 1.54) is 12.4 Å². The van der Waals surface area contributed by atoms with Gasteiger partial charge in [-0.2, -0.15) is 0 Å². The molecule has 2 aromatic rings. The van der Waals surface area contributed by atoms with E-state index >= 15 is 0 Å². The molecule has 17 heavy (non-hydrogen) atoms. The van der Waals surface area contributed by atoms with Crippen molar-refractivity contribution in [2.24, 2.45) is 0 Å². The third kappa shape index (κ3) is 2.76. The maximum atomic E-state index is 11.8. The van der Waals surface area contributed by atoms with Crippen LogP contribution >= 0.6 is 11.6 Å². The second-order valence-electron chi connectivity index (χ2n) is 3.35. The van der Waals surface area contributed by atoms with Gasteiger partial charge in [-0.25, -0.2) is 9.97 Å². The number of carbonyl (C=O) groups is 1. The molecule has 0 unspecified atom stereocenters. The van der Waals surface area contributed by atoms with Crippen LogP contribution in [0.15, 0.2) is 30.7 Å². The summed E-state index contributed by atoms with van der Waals surface area (Å²) >= 11 is 5.65. The van der Waals surface area contributed by atoms with Crippen molar-refractivity contribution < 1.29 is 4.79 Å². The standard InChI is InChI=1S/C11H9ClN4O/c1-7-3-2-4-14-10(7)16-11(17)8-5-13-6-9(12)15-8/h2-6H,1H3,(H,14,16,17). The van der Waals surface area contributed by atoms with Crippen LogP contribution in [0.5, 0.6) is 0 Å². The highest BCUT2D eigenvalue weighted by molar-refractivity contribution is 6.29. The molecule has 2 rings (SSSR count). The minimum Gasteiger partial charge on any atom is -0.305 e. The van der Waals surface area contributed by atoms with Gasteiger partial charge in [0, 0.05) is 6.20 Å². The van der Waals surface area contributed by atoms with E-state index in [0.717, 1.165) is 5.56 Å². The number of rotatable bonds is 2. The first kappa shape index (κ1) is 11.5. The normalized spacial score (nSPS) is 10.0. The largest absolute Gasteiger partial charge is 0.305 e. The molecule has 0 spiro atoms. The lowest BCUT2D eigenvalue weighted by molar-refractivity contribution is 0.102. The Labute approximate surface area is 103 Å². The van der Waals surface area contributed by atoms with Crippen LogP contribution < -0.4 is 5.32 Å². The summed E-state index contributed by atoms with van der Waals surface area (Å²) in [5, 5.41) is 2.82. The van der Waals surface area contributed by atoms with Crippen molar-refractivity contribution in [3.8, 4) is 0 Å². The Morgan fingerprint density at radius 2 is 2.24 bits per heavy atom. The van der Waals surface area contributed by atoms with Crippen molar-refractivity contribution in [1.29, 1.82) is 0 Å². The zero-order chi connectivity index (χ0) is 12.3. The van der Waals surface area contributed by atoms with Crippen LogP contribution in [0.1, 0.15) is 16.1 Å². The van der Waals surface area contributed by atoms with Crippen molar-refractivity contribution in [2.75, 3.05) is 5.32 Å². The van der Waals surface area contributed by atoms with Crippen molar-refractivity contribution in [3.63, 3.8) is 0 Å². The van der Waals surface area contributed by atoms with Gasteiger partial charge in [0.1, 0.15) is 16.7 Å². The number of carbonyl (C=O) groups excluding carboxylic acids is 1. The number of anilines is 1. The van der Waals surface area contributed by atoms with E-state index in [-0.39, 0.29) is 16.8 Å². The highest BCUT2D eigenvalue weighted by atomic mass is 35.5. The Bertz CT molecular complexity index is 559. The van der Waals surface area contributed by atoms with Gasteiger partial charge in [-0.1, -0.05) is 17.7 Å². The van der Waals surface area contributed by atoms with Gasteiger partial charge < -0.3 is 5.32 Å². The third-order valence-corrected chi connectivity index (χ3v) is 2.26. The highest BCUT2D eigenvalue weighted by Gasteiger charge is 2.10. The fourth-order valence-corrected chi connectivity index (χ4v) is 1.39. The molecule has 0 saturated heterocycles. The number of pyridine rings is 1. The Morgan fingerprint density at radius 3 is 2.94 bits per heavy atom. The van der Waals surface area contributed by atoms with Crippen LogP contribution in [0, 0.1) is 6.92 Å². The monoisotopic (exact) mass is 248 g/mol. The zero-order valence-electron chi connectivity index (χ0n) is 9.01. The van der Waals surface area contributed by atoms with E-state index < -0.39 is 0 Å². The Morgan fingerprint density at radius 1 is 1.41 bits per heavy atom. The molecular weight excluding hydrogens is 240 g/mol. The Kier molecular flexibility index (Phi) is 3.30. The molecule has 86 valence electrons. The number of nitrogens with zero attached hydrogens (tertiary/aromatic N) is 3. The molecule has 0 aliphatic rings. The first-order valence-corrected chi connectivity index (χ1v) is 5.25. The molecule has 0 aliphatic heterocycles. The van der Waals surface area contributed by atoms with E-state index in [2.05, 4.69) is 20.3 Å². The number of nitrogens with one attached hydrogen (secondary N) is 1. The predicted molar refractivity (Wildman–Crippen MR) is 64.0 cm³/mol. The van der Waals surface area contributed by atoms with Crippen LogP contribution in [0.4, 0.5) is 5.82 Å². The first-order valence-electron chi connectivity index (χ1n) is 4.87. The second kappa shape index (κ2) is 4.88. The molecule has 5 nitrogen and oxygen atoms in total. The third-order valence-electron chi connectivity index (χ3n) is 2.08. The van der Waals surface area contributed by atoms with E-state index in [1.807, 2.05) is 13.0 Å². The lowest BCUT2D eigenvalue weighted by Crippen LogP contribution is -2.15. The van der Waals surface area contributed by atoms with Crippen LogP contribution in [0.3, 0.4) is 0 Å². The quantitative estimate of drug-likeness (QED) is 0.884. The molecule has 0 atom stereocenters. The highest BCUT2D eigenvalue weighted by Crippen LogP contribution is 2.11. The number of amides is 1. The summed E-state index contributed by atoms with van der Waals surface area (Å²) in [7, 11) is 0. The summed E-state index contributed by atoms with van der Waals surface area (Å²) in [6.45, 7) is 1.85. The maximum absolute atomic E-state index is 11.8. The van der Waals surface area contributed by atoms with E-state index in [0.29, 0.717) is 5.82 Å². The Hall–Kier alpha value is -2.01. The molecule has 2 aromatic heterocycles. The van der Waals surface area contributed by atoms with Crippen LogP contribution in [0.2, 0.25) is 5.15 Å². The van der Waals surface area contributed by atoms with Gasteiger partial charge in [0.15, 0.2) is 0 Å². The summed E-state index contributed by atoms with van der Waals surface area (Å²) in [4.78, 5) is 23.5. The van der Waals surface area contributed by atoms with Crippen molar-refractivity contribution in [2.45, 2.75) is 6.92 Å².